The van der Waals surface area contributed by atoms with Gasteiger partial charge < -0.3 is 5.32 Å². The second-order valence-corrected chi connectivity index (χ2v) is 5.56. The quantitative estimate of drug-likeness (QED) is 0.927. The normalized spacial score (nSPS) is 11.8. The number of rotatable bonds is 3. The van der Waals surface area contributed by atoms with E-state index in [-0.39, 0.29) is 5.54 Å². The molecule has 0 radical (unpaired) electrons. The number of halogens is 1. The zero-order valence-electron chi connectivity index (χ0n) is 10.8. The van der Waals surface area contributed by atoms with Gasteiger partial charge in [-0.15, -0.1) is 0 Å². The molecule has 0 spiro atoms. The fourth-order valence-electron chi connectivity index (χ4n) is 1.48. The first-order valence-corrected chi connectivity index (χ1v) is 6.24. The van der Waals surface area contributed by atoms with Crippen molar-refractivity contribution in [3.8, 4) is 5.82 Å². The van der Waals surface area contributed by atoms with Gasteiger partial charge in [0.05, 0.1) is 10.7 Å². The summed E-state index contributed by atoms with van der Waals surface area (Å²) in [6.45, 7) is 6.96. The monoisotopic (exact) mass is 264 g/mol. The van der Waals surface area contributed by atoms with E-state index < -0.39 is 0 Å². The second-order valence-electron chi connectivity index (χ2n) is 5.15. The molecule has 4 nitrogen and oxygen atoms in total. The zero-order chi connectivity index (χ0) is 13.2. The Morgan fingerprint density at radius 1 is 1.33 bits per heavy atom. The van der Waals surface area contributed by atoms with Crippen LogP contribution in [0.1, 0.15) is 26.5 Å². The van der Waals surface area contributed by atoms with Crippen LogP contribution in [0.5, 0.6) is 0 Å². The minimum Gasteiger partial charge on any atom is -0.306 e. The second kappa shape index (κ2) is 5.08. The van der Waals surface area contributed by atoms with Gasteiger partial charge in [0.1, 0.15) is 0 Å². The average molecular weight is 265 g/mol. The van der Waals surface area contributed by atoms with Crippen LogP contribution in [0, 0.1) is 0 Å². The molecule has 5 heteroatoms. The molecule has 2 aromatic rings. The maximum atomic E-state index is 6.15. The molecular weight excluding hydrogens is 248 g/mol. The van der Waals surface area contributed by atoms with Crippen LogP contribution in [0.2, 0.25) is 5.02 Å². The highest BCUT2D eigenvalue weighted by molar-refractivity contribution is 6.31. The van der Waals surface area contributed by atoms with Crippen LogP contribution in [-0.2, 0) is 6.54 Å². The van der Waals surface area contributed by atoms with Gasteiger partial charge in [0, 0.05) is 24.5 Å². The Morgan fingerprint density at radius 3 is 2.72 bits per heavy atom. The zero-order valence-corrected chi connectivity index (χ0v) is 11.6. The van der Waals surface area contributed by atoms with E-state index in [1.165, 1.54) is 0 Å². The molecule has 0 bridgehead atoms. The van der Waals surface area contributed by atoms with Crippen LogP contribution in [0.15, 0.2) is 30.6 Å². The fourth-order valence-corrected chi connectivity index (χ4v) is 1.65. The Labute approximate surface area is 112 Å². The van der Waals surface area contributed by atoms with Gasteiger partial charge >= 0.3 is 0 Å². The van der Waals surface area contributed by atoms with E-state index in [0.717, 1.165) is 11.5 Å². The summed E-state index contributed by atoms with van der Waals surface area (Å²) in [5.74, 6) is 0.773. The van der Waals surface area contributed by atoms with Crippen LogP contribution >= 0.6 is 11.6 Å². The maximum absolute atomic E-state index is 6.15. The molecule has 2 heterocycles. The minimum atomic E-state index is 0.0344. The summed E-state index contributed by atoms with van der Waals surface area (Å²) in [7, 11) is 0. The van der Waals surface area contributed by atoms with Crippen LogP contribution < -0.4 is 5.32 Å². The summed E-state index contributed by atoms with van der Waals surface area (Å²) >= 11 is 6.15. The maximum Gasteiger partial charge on any atom is 0.153 e. The van der Waals surface area contributed by atoms with Crippen LogP contribution in [0.3, 0.4) is 0 Å². The van der Waals surface area contributed by atoms with Crippen molar-refractivity contribution in [3.05, 3.63) is 41.3 Å². The first-order chi connectivity index (χ1) is 8.46. The highest BCUT2D eigenvalue weighted by Gasteiger charge is 2.11. The highest BCUT2D eigenvalue weighted by atomic mass is 35.5. The molecule has 0 amide bonds. The van der Waals surface area contributed by atoms with Crippen molar-refractivity contribution < 1.29 is 0 Å². The van der Waals surface area contributed by atoms with Gasteiger partial charge in [0.15, 0.2) is 5.82 Å². The van der Waals surface area contributed by atoms with Crippen molar-refractivity contribution in [1.29, 1.82) is 0 Å². The van der Waals surface area contributed by atoms with Crippen molar-refractivity contribution in [2.75, 3.05) is 0 Å². The summed E-state index contributed by atoms with van der Waals surface area (Å²) in [6.07, 6.45) is 3.58. The van der Waals surface area contributed by atoms with Gasteiger partial charge in [-0.3, -0.25) is 0 Å². The lowest BCUT2D eigenvalue weighted by Crippen LogP contribution is -2.35. The molecule has 0 aromatic carbocycles. The van der Waals surface area contributed by atoms with E-state index >= 15 is 0 Å². The Hall–Kier alpha value is -1.39. The SMILES string of the molecule is CC(C)(C)NCc1nc(-n2cccn2)ccc1Cl. The first-order valence-electron chi connectivity index (χ1n) is 5.86. The van der Waals surface area contributed by atoms with E-state index in [1.807, 2.05) is 24.4 Å². The predicted octanol–water partition coefficient (Wildman–Crippen LogP) is 2.81. The molecule has 1 N–H and O–H groups in total. The molecule has 0 aliphatic rings. The molecule has 0 saturated carbocycles. The van der Waals surface area contributed by atoms with Gasteiger partial charge in [-0.2, -0.15) is 5.10 Å². The van der Waals surface area contributed by atoms with E-state index in [4.69, 9.17) is 11.6 Å². The molecule has 0 fully saturated rings. The Kier molecular flexibility index (Phi) is 3.68. The number of hydrogen-bond donors (Lipinski definition) is 1. The summed E-state index contributed by atoms with van der Waals surface area (Å²) in [6, 6.07) is 5.57. The van der Waals surface area contributed by atoms with Crippen molar-refractivity contribution in [2.45, 2.75) is 32.9 Å². The molecule has 18 heavy (non-hydrogen) atoms. The van der Waals surface area contributed by atoms with Crippen LogP contribution in [0.25, 0.3) is 5.82 Å². The van der Waals surface area contributed by atoms with Gasteiger partial charge in [-0.05, 0) is 39.0 Å². The Bertz CT molecular complexity index is 514. The van der Waals surface area contributed by atoms with Gasteiger partial charge in [0.25, 0.3) is 0 Å². The molecule has 0 unspecified atom stereocenters. The number of aromatic nitrogens is 3. The molecule has 0 aliphatic heterocycles. The van der Waals surface area contributed by atoms with Gasteiger partial charge in [-0.25, -0.2) is 9.67 Å². The smallest absolute Gasteiger partial charge is 0.153 e. The number of hydrogen-bond acceptors (Lipinski definition) is 3. The number of nitrogens with zero attached hydrogens (tertiary/aromatic N) is 3. The Balaban J connectivity index is 2.22. The molecule has 0 atom stereocenters. The van der Waals surface area contributed by atoms with Crippen molar-refractivity contribution in [3.63, 3.8) is 0 Å². The van der Waals surface area contributed by atoms with Crippen molar-refractivity contribution in [1.82, 2.24) is 20.1 Å². The molecule has 0 saturated heterocycles. The van der Waals surface area contributed by atoms with Crippen LogP contribution in [-0.4, -0.2) is 20.3 Å². The molecule has 2 aromatic heterocycles. The largest absolute Gasteiger partial charge is 0.306 e. The topological polar surface area (TPSA) is 42.7 Å². The van der Waals surface area contributed by atoms with Gasteiger partial charge in [-0.1, -0.05) is 11.6 Å². The summed E-state index contributed by atoms with van der Waals surface area (Å²) in [4.78, 5) is 4.52. The third-order valence-electron chi connectivity index (χ3n) is 2.43. The van der Waals surface area contributed by atoms with Gasteiger partial charge in [0.2, 0.25) is 0 Å². The lowest BCUT2D eigenvalue weighted by molar-refractivity contribution is 0.421. The lowest BCUT2D eigenvalue weighted by Gasteiger charge is -2.20. The van der Waals surface area contributed by atoms with Crippen molar-refractivity contribution >= 4 is 11.6 Å². The predicted molar refractivity (Wildman–Crippen MR) is 73.0 cm³/mol. The van der Waals surface area contributed by atoms with Crippen molar-refractivity contribution in [2.24, 2.45) is 0 Å². The molecule has 0 aliphatic carbocycles. The lowest BCUT2D eigenvalue weighted by atomic mass is 10.1. The third kappa shape index (κ3) is 3.31. The number of pyridine rings is 1. The number of nitrogens with one attached hydrogen (secondary N) is 1. The van der Waals surface area contributed by atoms with E-state index in [0.29, 0.717) is 11.6 Å². The molecule has 96 valence electrons. The molecular formula is C13H17ClN4. The summed E-state index contributed by atoms with van der Waals surface area (Å²) in [5.41, 5.74) is 0.867. The summed E-state index contributed by atoms with van der Waals surface area (Å²) < 4.78 is 1.72. The third-order valence-corrected chi connectivity index (χ3v) is 2.77. The van der Waals surface area contributed by atoms with E-state index in [2.05, 4.69) is 36.2 Å². The Morgan fingerprint density at radius 2 is 2.11 bits per heavy atom. The van der Waals surface area contributed by atoms with Crippen LogP contribution in [0.4, 0.5) is 0 Å². The van der Waals surface area contributed by atoms with E-state index in [1.54, 1.807) is 10.9 Å². The first kappa shape index (κ1) is 13.1. The van der Waals surface area contributed by atoms with E-state index in [9.17, 15) is 0 Å². The fraction of sp³-hybridized carbons (Fsp3) is 0.385. The minimum absolute atomic E-state index is 0.0344. The standard InChI is InChI=1S/C13H17ClN4/c1-13(2,3)15-9-11-10(14)5-6-12(17-11)18-8-4-7-16-18/h4-8,15H,9H2,1-3H3. The molecule has 2 rings (SSSR count). The average Bonchev–Trinajstić information content (AvgIpc) is 2.80. The summed E-state index contributed by atoms with van der Waals surface area (Å²) in [5, 5.41) is 8.20. The highest BCUT2D eigenvalue weighted by Crippen LogP contribution is 2.16.